The molecular formula is C29H35NO5. The van der Waals surface area contributed by atoms with Gasteiger partial charge in [0.05, 0.1) is 24.4 Å². The van der Waals surface area contributed by atoms with Crippen molar-refractivity contribution in [3.63, 3.8) is 0 Å². The van der Waals surface area contributed by atoms with Crippen LogP contribution in [0.1, 0.15) is 52.0 Å². The van der Waals surface area contributed by atoms with Crippen LogP contribution in [0.5, 0.6) is 0 Å². The predicted octanol–water partition coefficient (Wildman–Crippen LogP) is 5.30. The molecule has 7 atom stereocenters. The zero-order valence-electron chi connectivity index (χ0n) is 20.8. The Labute approximate surface area is 207 Å². The van der Waals surface area contributed by atoms with E-state index in [-0.39, 0.29) is 54.5 Å². The Hall–Kier alpha value is -2.91. The monoisotopic (exact) mass is 477 g/mol. The second-order valence-corrected chi connectivity index (χ2v) is 10.7. The summed E-state index contributed by atoms with van der Waals surface area (Å²) in [6, 6.07) is 12.4. The van der Waals surface area contributed by atoms with Crippen molar-refractivity contribution < 1.29 is 24.2 Å². The summed E-state index contributed by atoms with van der Waals surface area (Å²) in [6.45, 7) is 10.1. The summed E-state index contributed by atoms with van der Waals surface area (Å²) in [7, 11) is 0. The van der Waals surface area contributed by atoms with Crippen LogP contribution in [0.25, 0.3) is 0 Å². The molecule has 2 saturated carbocycles. The Kier molecular flexibility index (Phi) is 6.92. The molecule has 1 aromatic carbocycles. The number of aliphatic hydroxyl groups is 1. The van der Waals surface area contributed by atoms with E-state index >= 15 is 0 Å². The minimum absolute atomic E-state index is 0.00265. The molecule has 0 amide bonds. The van der Waals surface area contributed by atoms with E-state index in [1.807, 2.05) is 37.3 Å². The second kappa shape index (κ2) is 9.62. The van der Waals surface area contributed by atoms with Gasteiger partial charge in [-0.1, -0.05) is 63.8 Å². The summed E-state index contributed by atoms with van der Waals surface area (Å²) in [6.07, 6.45) is 3.23. The second-order valence-electron chi connectivity index (χ2n) is 10.7. The molecule has 2 fully saturated rings. The van der Waals surface area contributed by atoms with E-state index in [2.05, 4.69) is 26.5 Å². The lowest BCUT2D eigenvalue weighted by Crippen LogP contribution is -2.63. The topological polar surface area (TPSA) is 96.6 Å². The third kappa shape index (κ3) is 4.00. The molecule has 0 aliphatic heterocycles. The number of allylic oxidation sites excluding steroid dienone is 1. The molecule has 35 heavy (non-hydrogen) atoms. The number of fused-ring (bicyclic) bond motifs is 3. The van der Waals surface area contributed by atoms with Gasteiger partial charge in [-0.2, -0.15) is 5.26 Å². The van der Waals surface area contributed by atoms with Crippen molar-refractivity contribution in [1.29, 1.82) is 5.26 Å². The number of carbonyl (C=O) groups excluding carboxylic acids is 2. The van der Waals surface area contributed by atoms with Crippen molar-refractivity contribution in [3.05, 3.63) is 59.9 Å². The van der Waals surface area contributed by atoms with E-state index in [9.17, 15) is 20.0 Å². The maximum absolute atomic E-state index is 13.8. The predicted molar refractivity (Wildman–Crippen MR) is 131 cm³/mol. The number of Topliss-reactive ketones (excluding diaryl/α,β-unsaturated/α-hetero) is 1. The molecule has 0 bridgehead atoms. The van der Waals surface area contributed by atoms with Crippen molar-refractivity contribution in [1.82, 2.24) is 0 Å². The van der Waals surface area contributed by atoms with Gasteiger partial charge in [0.25, 0.3) is 0 Å². The van der Waals surface area contributed by atoms with Crippen LogP contribution in [-0.2, 0) is 25.7 Å². The average molecular weight is 478 g/mol. The van der Waals surface area contributed by atoms with Crippen molar-refractivity contribution in [3.8, 4) is 6.07 Å². The summed E-state index contributed by atoms with van der Waals surface area (Å²) in [5.41, 5.74) is -0.710. The van der Waals surface area contributed by atoms with Gasteiger partial charge in [0, 0.05) is 18.8 Å². The van der Waals surface area contributed by atoms with Crippen LogP contribution in [0.2, 0.25) is 0 Å². The van der Waals surface area contributed by atoms with Gasteiger partial charge < -0.3 is 14.6 Å². The highest BCUT2D eigenvalue weighted by Gasteiger charge is 2.68. The fourth-order valence-corrected chi connectivity index (χ4v) is 7.13. The third-order valence-corrected chi connectivity index (χ3v) is 8.94. The Bertz CT molecular complexity index is 1070. The standard InChI is InChI=1S/C29H35NO5/c1-5-13-34-27(33)25-22(31)14-18(2)29(17-30)24(32)15-21-19(3)23(11-12-28(21,4)26(25)29)35-16-20-9-7-6-8-10-20/h5-10,18-19,21,23,26,31H,1,11-16H2,2-4H3/t18-,19+,21+,23+,26+,28+,29-/m1/s1. The Morgan fingerprint density at radius 2 is 2.00 bits per heavy atom. The van der Waals surface area contributed by atoms with Crippen LogP contribution in [0, 0.1) is 45.8 Å². The number of rotatable bonds is 6. The lowest BCUT2D eigenvalue weighted by molar-refractivity contribution is -0.169. The third-order valence-electron chi connectivity index (χ3n) is 8.94. The van der Waals surface area contributed by atoms with E-state index in [0.29, 0.717) is 13.0 Å². The summed E-state index contributed by atoms with van der Waals surface area (Å²) < 4.78 is 11.7. The molecule has 1 aromatic rings. The number of hydrogen-bond acceptors (Lipinski definition) is 6. The maximum atomic E-state index is 13.8. The molecule has 3 aliphatic carbocycles. The number of ether oxygens (including phenoxy) is 2. The summed E-state index contributed by atoms with van der Waals surface area (Å²) in [4.78, 5) is 27.0. The molecule has 4 rings (SSSR count). The number of carbonyl (C=O) groups is 2. The molecule has 3 aliphatic rings. The molecule has 0 spiro atoms. The van der Waals surface area contributed by atoms with Gasteiger partial charge in [0.2, 0.25) is 0 Å². The SMILES string of the molecule is C=CCOC(=O)C1=C(O)C[C@@H](C)[C@]2(C#N)C(=O)C[C@H]3[C@H](C)[C@@H](OCc4ccccc4)CC[C@]3(C)[C@H]12. The van der Waals surface area contributed by atoms with E-state index in [1.54, 1.807) is 0 Å². The van der Waals surface area contributed by atoms with E-state index in [4.69, 9.17) is 9.47 Å². The minimum atomic E-state index is -1.36. The van der Waals surface area contributed by atoms with Crippen molar-refractivity contribution in [2.45, 2.75) is 59.2 Å². The summed E-state index contributed by atoms with van der Waals surface area (Å²) in [5.74, 6) is -2.04. The summed E-state index contributed by atoms with van der Waals surface area (Å²) in [5, 5.41) is 21.4. The molecule has 0 saturated heterocycles. The van der Waals surface area contributed by atoms with Crippen LogP contribution in [0.3, 0.4) is 0 Å². The van der Waals surface area contributed by atoms with Gasteiger partial charge in [-0.15, -0.1) is 0 Å². The van der Waals surface area contributed by atoms with Crippen molar-refractivity contribution >= 4 is 11.8 Å². The molecule has 0 heterocycles. The highest BCUT2D eigenvalue weighted by Crippen LogP contribution is 2.66. The Balaban J connectivity index is 1.71. The first-order chi connectivity index (χ1) is 16.7. The number of esters is 1. The summed E-state index contributed by atoms with van der Waals surface area (Å²) >= 11 is 0. The Morgan fingerprint density at radius 3 is 2.66 bits per heavy atom. The van der Waals surface area contributed by atoms with Gasteiger partial charge in [-0.25, -0.2) is 4.79 Å². The van der Waals surface area contributed by atoms with Crippen molar-refractivity contribution in [2.24, 2.45) is 34.5 Å². The number of hydrogen-bond donors (Lipinski definition) is 1. The quantitative estimate of drug-likeness (QED) is 0.441. The van der Waals surface area contributed by atoms with Gasteiger partial charge in [0.1, 0.15) is 17.8 Å². The number of aliphatic hydroxyl groups excluding tert-OH is 1. The van der Waals surface area contributed by atoms with Crippen molar-refractivity contribution in [2.75, 3.05) is 6.61 Å². The number of nitriles is 1. The molecule has 0 unspecified atom stereocenters. The maximum Gasteiger partial charge on any atom is 0.338 e. The van der Waals surface area contributed by atoms with E-state index in [0.717, 1.165) is 12.0 Å². The molecule has 6 nitrogen and oxygen atoms in total. The minimum Gasteiger partial charge on any atom is -0.512 e. The number of benzene rings is 1. The highest BCUT2D eigenvalue weighted by molar-refractivity contribution is 5.96. The van der Waals surface area contributed by atoms with Crippen LogP contribution in [-0.4, -0.2) is 29.6 Å². The fourth-order valence-electron chi connectivity index (χ4n) is 7.13. The van der Waals surface area contributed by atoms with Crippen LogP contribution < -0.4 is 0 Å². The van der Waals surface area contributed by atoms with Gasteiger partial charge >= 0.3 is 5.97 Å². The molecule has 0 radical (unpaired) electrons. The number of ketones is 1. The zero-order valence-corrected chi connectivity index (χ0v) is 20.8. The van der Waals surface area contributed by atoms with E-state index < -0.39 is 28.6 Å². The smallest absolute Gasteiger partial charge is 0.338 e. The highest BCUT2D eigenvalue weighted by atomic mass is 16.5. The normalized spacial score (nSPS) is 36.5. The lowest BCUT2D eigenvalue weighted by atomic mass is 9.40. The molecule has 0 aromatic heterocycles. The molecule has 1 N–H and O–H groups in total. The first-order valence-corrected chi connectivity index (χ1v) is 12.5. The largest absolute Gasteiger partial charge is 0.512 e. The Morgan fingerprint density at radius 1 is 1.29 bits per heavy atom. The average Bonchev–Trinajstić information content (AvgIpc) is 2.84. The lowest BCUT2D eigenvalue weighted by Gasteiger charge is -2.61. The van der Waals surface area contributed by atoms with Gasteiger partial charge in [-0.05, 0) is 41.6 Å². The number of nitrogens with zero attached hydrogens (tertiary/aromatic N) is 1. The molecule has 6 heteroatoms. The van der Waals surface area contributed by atoms with E-state index in [1.165, 1.54) is 6.08 Å². The zero-order chi connectivity index (χ0) is 25.4. The van der Waals surface area contributed by atoms with Crippen LogP contribution in [0.15, 0.2) is 54.3 Å². The van der Waals surface area contributed by atoms with Crippen LogP contribution >= 0.6 is 0 Å². The van der Waals surface area contributed by atoms with Gasteiger partial charge in [-0.3, -0.25) is 4.79 Å². The van der Waals surface area contributed by atoms with Gasteiger partial charge in [0.15, 0.2) is 5.78 Å². The first-order valence-electron chi connectivity index (χ1n) is 12.5. The molecule has 186 valence electrons. The van der Waals surface area contributed by atoms with Crippen LogP contribution in [0.4, 0.5) is 0 Å². The fraction of sp³-hybridized carbons (Fsp3) is 0.552. The first kappa shape index (κ1) is 25.2. The molecular weight excluding hydrogens is 442 g/mol.